The summed E-state index contributed by atoms with van der Waals surface area (Å²) >= 11 is 0. The van der Waals surface area contributed by atoms with Crippen LogP contribution in [0.3, 0.4) is 0 Å². The third-order valence-corrected chi connectivity index (χ3v) is 8.04. The van der Waals surface area contributed by atoms with Crippen molar-refractivity contribution < 1.29 is 18.8 Å². The van der Waals surface area contributed by atoms with E-state index in [9.17, 15) is 14.4 Å². The third-order valence-electron chi connectivity index (χ3n) is 5.97. The summed E-state index contributed by atoms with van der Waals surface area (Å²) in [6.45, 7) is 7.44. The largest absolute Gasteiger partial charge is 0.493 e. The molecule has 1 aromatic heterocycles. The van der Waals surface area contributed by atoms with Gasteiger partial charge in [0.15, 0.2) is 5.78 Å². The Kier molecular flexibility index (Phi) is 6.12. The first-order valence-corrected chi connectivity index (χ1v) is 14.5. The lowest BCUT2D eigenvalue weighted by atomic mass is 9.94. The van der Waals surface area contributed by atoms with E-state index in [4.69, 9.17) is 9.26 Å². The number of benzene rings is 2. The Labute approximate surface area is 193 Å². The summed E-state index contributed by atoms with van der Waals surface area (Å²) in [5, 5.41) is 3.45. The third kappa shape index (κ3) is 4.85. The van der Waals surface area contributed by atoms with Gasteiger partial charge in [0, 0.05) is 19.9 Å². The maximum Gasteiger partial charge on any atom is 0.293 e. The Morgan fingerprint density at radius 1 is 1.09 bits per heavy atom. The second-order valence-corrected chi connectivity index (χ2v) is 14.5. The van der Waals surface area contributed by atoms with Gasteiger partial charge in [-0.2, -0.15) is 5.16 Å². The molecule has 33 heavy (non-hydrogen) atoms. The van der Waals surface area contributed by atoms with Crippen LogP contribution in [0, 0.1) is 0 Å². The van der Waals surface area contributed by atoms with Crippen molar-refractivity contribution in [3.8, 4) is 5.75 Å². The SMILES string of the molecule is CN(C(=O)c1cc(=O)[nH]o1)C(C(=O)Cc1ccc([Si](C)(C)C)cc1)c1ccc2c(c1)CCO2. The molecule has 1 aliphatic rings. The van der Waals surface area contributed by atoms with Gasteiger partial charge in [0.1, 0.15) is 11.8 Å². The highest BCUT2D eigenvalue weighted by Crippen LogP contribution is 2.31. The molecular formula is C25H28N2O5Si. The molecule has 172 valence electrons. The van der Waals surface area contributed by atoms with Gasteiger partial charge in [-0.3, -0.25) is 14.4 Å². The molecule has 0 saturated heterocycles. The van der Waals surface area contributed by atoms with Crippen molar-refractivity contribution in [2.24, 2.45) is 0 Å². The van der Waals surface area contributed by atoms with Gasteiger partial charge in [-0.05, 0) is 28.8 Å². The van der Waals surface area contributed by atoms with Gasteiger partial charge in [0.25, 0.3) is 11.5 Å². The summed E-state index contributed by atoms with van der Waals surface area (Å²) in [5.74, 6) is 0.00246. The number of aromatic amines is 1. The number of aromatic nitrogens is 1. The van der Waals surface area contributed by atoms with Crippen molar-refractivity contribution in [2.45, 2.75) is 38.5 Å². The van der Waals surface area contributed by atoms with Gasteiger partial charge in [0.05, 0.1) is 20.7 Å². The number of carbonyl (C=O) groups excluding carboxylic acids is 2. The Morgan fingerprint density at radius 2 is 1.82 bits per heavy atom. The predicted molar refractivity (Wildman–Crippen MR) is 128 cm³/mol. The van der Waals surface area contributed by atoms with Crippen LogP contribution in [-0.4, -0.2) is 43.5 Å². The summed E-state index contributed by atoms with van der Waals surface area (Å²) in [5.41, 5.74) is 2.10. The number of likely N-dealkylation sites (N-methyl/N-ethyl adjacent to an activating group) is 1. The zero-order valence-corrected chi connectivity index (χ0v) is 20.3. The number of nitrogens with zero attached hydrogens (tertiary/aromatic N) is 1. The molecule has 0 bridgehead atoms. The molecule has 0 saturated carbocycles. The molecule has 1 N–H and O–H groups in total. The number of nitrogens with one attached hydrogen (secondary N) is 1. The summed E-state index contributed by atoms with van der Waals surface area (Å²) < 4.78 is 10.6. The average Bonchev–Trinajstić information content (AvgIpc) is 3.41. The Morgan fingerprint density at radius 3 is 2.45 bits per heavy atom. The van der Waals surface area contributed by atoms with Crippen LogP contribution in [0.4, 0.5) is 0 Å². The van der Waals surface area contributed by atoms with Crippen LogP contribution in [-0.2, 0) is 17.6 Å². The van der Waals surface area contributed by atoms with Crippen LogP contribution in [0.1, 0.15) is 33.3 Å². The second-order valence-electron chi connectivity index (χ2n) is 9.45. The fourth-order valence-corrected chi connectivity index (χ4v) is 5.27. The topological polar surface area (TPSA) is 92.6 Å². The van der Waals surface area contributed by atoms with Crippen LogP contribution in [0.5, 0.6) is 5.75 Å². The van der Waals surface area contributed by atoms with Crippen molar-refractivity contribution in [1.29, 1.82) is 0 Å². The van der Waals surface area contributed by atoms with Crippen LogP contribution in [0.2, 0.25) is 19.6 Å². The van der Waals surface area contributed by atoms with Crippen molar-refractivity contribution in [3.05, 3.63) is 81.3 Å². The van der Waals surface area contributed by atoms with Crippen molar-refractivity contribution in [3.63, 3.8) is 0 Å². The van der Waals surface area contributed by atoms with E-state index in [1.165, 1.54) is 10.1 Å². The number of rotatable bonds is 7. The number of fused-ring (bicyclic) bond motifs is 1. The van der Waals surface area contributed by atoms with Gasteiger partial charge in [-0.15, -0.1) is 0 Å². The number of H-pyrrole nitrogens is 1. The van der Waals surface area contributed by atoms with Gasteiger partial charge in [0.2, 0.25) is 5.76 Å². The monoisotopic (exact) mass is 464 g/mol. The van der Waals surface area contributed by atoms with Crippen molar-refractivity contribution in [1.82, 2.24) is 10.1 Å². The fourth-order valence-electron chi connectivity index (χ4n) is 4.10. The quantitative estimate of drug-likeness (QED) is 0.543. The molecular weight excluding hydrogens is 436 g/mol. The lowest BCUT2D eigenvalue weighted by Crippen LogP contribution is -2.38. The number of amides is 1. The van der Waals surface area contributed by atoms with Crippen LogP contribution in [0.25, 0.3) is 0 Å². The van der Waals surface area contributed by atoms with E-state index in [0.717, 1.165) is 29.4 Å². The summed E-state index contributed by atoms with van der Waals surface area (Å²) in [7, 11) is 0.114. The van der Waals surface area contributed by atoms with Crippen LogP contribution in [0.15, 0.2) is 57.8 Å². The van der Waals surface area contributed by atoms with E-state index < -0.39 is 25.6 Å². The minimum absolute atomic E-state index is 0.122. The van der Waals surface area contributed by atoms with Crippen LogP contribution < -0.4 is 15.5 Å². The zero-order chi connectivity index (χ0) is 23.8. The molecule has 2 aromatic carbocycles. The normalized spacial score (nSPS) is 13.8. The van der Waals surface area contributed by atoms with E-state index in [1.54, 1.807) is 7.05 Å². The van der Waals surface area contributed by atoms with Crippen LogP contribution >= 0.6 is 0 Å². The lowest BCUT2D eigenvalue weighted by molar-refractivity contribution is -0.122. The maximum absolute atomic E-state index is 13.6. The number of Topliss-reactive ketones (excluding diaryl/α,β-unsaturated/α-hetero) is 1. The number of ketones is 1. The highest BCUT2D eigenvalue weighted by Gasteiger charge is 2.32. The van der Waals surface area contributed by atoms with E-state index >= 15 is 0 Å². The first-order chi connectivity index (χ1) is 15.6. The Hall–Kier alpha value is -3.39. The standard InChI is InChI=1S/C25H28N2O5Si/c1-27(25(30)22-15-23(29)26-32-22)24(18-7-10-21-17(14-18)11-12-31-21)20(28)13-16-5-8-19(9-6-16)33(2,3)4/h5-10,14-15,24H,11-13H2,1-4H3,(H,26,29). The average molecular weight is 465 g/mol. The first-order valence-electron chi connectivity index (χ1n) is 11.0. The highest BCUT2D eigenvalue weighted by atomic mass is 28.3. The first kappa shape index (κ1) is 22.8. The maximum atomic E-state index is 13.6. The minimum Gasteiger partial charge on any atom is -0.493 e. The molecule has 0 aliphatic carbocycles. The molecule has 1 unspecified atom stereocenters. The van der Waals surface area contributed by atoms with Gasteiger partial charge >= 0.3 is 0 Å². The lowest BCUT2D eigenvalue weighted by Gasteiger charge is -2.27. The summed E-state index contributed by atoms with van der Waals surface area (Å²) in [4.78, 5) is 39.4. The van der Waals surface area contributed by atoms with Crippen molar-refractivity contribution in [2.75, 3.05) is 13.7 Å². The fraction of sp³-hybridized carbons (Fsp3) is 0.320. The predicted octanol–water partition coefficient (Wildman–Crippen LogP) is 3.07. The molecule has 1 amide bonds. The molecule has 4 rings (SSSR count). The number of carbonyl (C=O) groups is 2. The summed E-state index contributed by atoms with van der Waals surface area (Å²) in [6.07, 6.45) is 0.936. The minimum atomic E-state index is -1.44. The molecule has 8 heteroatoms. The van der Waals surface area contributed by atoms with Gasteiger partial charge < -0.3 is 14.2 Å². The molecule has 1 aliphatic heterocycles. The van der Waals surface area contributed by atoms with E-state index in [0.29, 0.717) is 12.2 Å². The Balaban J connectivity index is 1.65. The van der Waals surface area contributed by atoms with Gasteiger partial charge in [-0.1, -0.05) is 55.2 Å². The highest BCUT2D eigenvalue weighted by molar-refractivity contribution is 6.88. The molecule has 1 atom stereocenters. The van der Waals surface area contributed by atoms with E-state index in [1.807, 2.05) is 30.3 Å². The molecule has 7 nitrogen and oxygen atoms in total. The van der Waals surface area contributed by atoms with E-state index in [-0.39, 0.29) is 18.0 Å². The van der Waals surface area contributed by atoms with Crippen molar-refractivity contribution >= 4 is 25.0 Å². The summed E-state index contributed by atoms with van der Waals surface area (Å²) in [6, 6.07) is 14.0. The second kappa shape index (κ2) is 8.86. The molecule has 0 spiro atoms. The molecule has 0 radical (unpaired) electrons. The smallest absolute Gasteiger partial charge is 0.293 e. The number of hydrogen-bond acceptors (Lipinski definition) is 5. The number of hydrogen-bond donors (Lipinski definition) is 1. The molecule has 3 aromatic rings. The molecule has 0 fully saturated rings. The Bertz CT molecular complexity index is 1240. The molecule has 2 heterocycles. The van der Waals surface area contributed by atoms with Gasteiger partial charge in [-0.25, -0.2) is 0 Å². The zero-order valence-electron chi connectivity index (χ0n) is 19.3. The van der Waals surface area contributed by atoms with E-state index in [2.05, 4.69) is 36.9 Å². The number of ether oxygens (including phenoxy) is 1.